The molecule has 0 aliphatic carbocycles. The first kappa shape index (κ1) is 16.3. The van der Waals surface area contributed by atoms with E-state index in [1.54, 1.807) is 12.1 Å². The van der Waals surface area contributed by atoms with Gasteiger partial charge in [-0.15, -0.1) is 11.6 Å². The molecule has 0 radical (unpaired) electrons. The molecule has 24 heavy (non-hydrogen) atoms. The zero-order valence-electron chi connectivity index (χ0n) is 13.1. The average molecular weight is 337 g/mol. The number of rotatable bonds is 5. The van der Waals surface area contributed by atoms with Crippen molar-refractivity contribution in [3.8, 4) is 11.1 Å². The number of carbonyl (C=O) groups is 1. The molecular weight excluding hydrogens is 320 g/mol. The van der Waals surface area contributed by atoms with Gasteiger partial charge in [0.25, 0.3) is 0 Å². The molecular formula is C21H17ClO2. The van der Waals surface area contributed by atoms with Crippen molar-refractivity contribution in [2.45, 2.75) is 12.5 Å². The first-order valence-electron chi connectivity index (χ1n) is 7.73. The summed E-state index contributed by atoms with van der Waals surface area (Å²) in [5.41, 5.74) is 4.73. The Morgan fingerprint density at radius 3 is 2.21 bits per heavy atom. The van der Waals surface area contributed by atoms with Gasteiger partial charge in [0.2, 0.25) is 0 Å². The molecule has 3 rings (SSSR count). The van der Waals surface area contributed by atoms with Crippen LogP contribution < -0.4 is 0 Å². The molecule has 0 fully saturated rings. The van der Waals surface area contributed by atoms with E-state index in [-0.39, 0.29) is 12.6 Å². The number of ether oxygens (including phenoxy) is 1. The van der Waals surface area contributed by atoms with Crippen LogP contribution in [0.4, 0.5) is 0 Å². The first-order valence-corrected chi connectivity index (χ1v) is 8.27. The molecule has 0 heterocycles. The number of benzene rings is 3. The van der Waals surface area contributed by atoms with Crippen LogP contribution in [0, 0.1) is 0 Å². The Labute approximate surface area is 146 Å². The van der Waals surface area contributed by atoms with E-state index < -0.39 is 0 Å². The molecule has 0 aliphatic rings. The van der Waals surface area contributed by atoms with Crippen LogP contribution in [-0.2, 0) is 17.2 Å². The molecule has 3 aromatic carbocycles. The average Bonchev–Trinajstić information content (AvgIpc) is 2.67. The van der Waals surface area contributed by atoms with E-state index in [0.717, 1.165) is 22.3 Å². The Bertz CT molecular complexity index is 814. The third-order valence-corrected chi connectivity index (χ3v) is 4.07. The maximum absolute atomic E-state index is 12.0. The minimum Gasteiger partial charge on any atom is -0.457 e. The lowest BCUT2D eigenvalue weighted by Crippen LogP contribution is -2.05. The van der Waals surface area contributed by atoms with E-state index in [0.29, 0.717) is 11.4 Å². The number of carbonyl (C=O) groups excluding carboxylic acids is 1. The number of halogens is 1. The second-order valence-electron chi connectivity index (χ2n) is 5.43. The highest BCUT2D eigenvalue weighted by Gasteiger charge is 2.09. The van der Waals surface area contributed by atoms with Crippen molar-refractivity contribution < 1.29 is 9.53 Å². The molecule has 2 nitrogen and oxygen atoms in total. The minimum absolute atomic E-state index is 0.229. The smallest absolute Gasteiger partial charge is 0.338 e. The fraction of sp³-hybridized carbons (Fsp3) is 0.0952. The number of hydrogen-bond donors (Lipinski definition) is 0. The molecule has 0 atom stereocenters. The lowest BCUT2D eigenvalue weighted by molar-refractivity contribution is 0.0472. The summed E-state index contributed by atoms with van der Waals surface area (Å²) in [4.78, 5) is 12.0. The molecule has 0 saturated heterocycles. The number of esters is 1. The van der Waals surface area contributed by atoms with Crippen LogP contribution in [0.5, 0.6) is 0 Å². The Kier molecular flexibility index (Phi) is 5.29. The van der Waals surface area contributed by atoms with Gasteiger partial charge in [0.1, 0.15) is 6.61 Å². The van der Waals surface area contributed by atoms with Gasteiger partial charge in [-0.1, -0.05) is 66.7 Å². The lowest BCUT2D eigenvalue weighted by atomic mass is 9.98. The van der Waals surface area contributed by atoms with Crippen LogP contribution in [0.25, 0.3) is 11.1 Å². The van der Waals surface area contributed by atoms with E-state index in [4.69, 9.17) is 16.3 Å². The maximum Gasteiger partial charge on any atom is 0.338 e. The van der Waals surface area contributed by atoms with Gasteiger partial charge in [0.05, 0.1) is 5.56 Å². The van der Waals surface area contributed by atoms with Crippen molar-refractivity contribution >= 4 is 17.6 Å². The molecule has 3 aromatic rings. The summed E-state index contributed by atoms with van der Waals surface area (Å²) in [5, 5.41) is 0. The zero-order chi connectivity index (χ0) is 16.8. The van der Waals surface area contributed by atoms with Gasteiger partial charge in [0.15, 0.2) is 0 Å². The van der Waals surface area contributed by atoms with Crippen LogP contribution in [-0.4, -0.2) is 5.97 Å². The molecule has 0 saturated carbocycles. The standard InChI is InChI=1S/C21H17ClO2/c22-14-19-13-16(11-12-20(19)17-7-3-1-4-8-17)15-24-21(23)18-9-5-2-6-10-18/h1-13H,14-15H2. The lowest BCUT2D eigenvalue weighted by Gasteiger charge is -2.11. The predicted molar refractivity (Wildman–Crippen MR) is 97.0 cm³/mol. The number of alkyl halides is 1. The second-order valence-corrected chi connectivity index (χ2v) is 5.70. The Morgan fingerprint density at radius 1 is 0.875 bits per heavy atom. The normalized spacial score (nSPS) is 10.4. The first-order chi connectivity index (χ1) is 11.8. The topological polar surface area (TPSA) is 26.3 Å². The van der Waals surface area contributed by atoms with Gasteiger partial charge >= 0.3 is 5.97 Å². The SMILES string of the molecule is O=C(OCc1ccc(-c2ccccc2)c(CCl)c1)c1ccccc1. The third kappa shape index (κ3) is 3.84. The Morgan fingerprint density at radius 2 is 1.54 bits per heavy atom. The van der Waals surface area contributed by atoms with Gasteiger partial charge in [-0.25, -0.2) is 4.79 Å². The molecule has 0 amide bonds. The Hall–Kier alpha value is -2.58. The molecule has 0 N–H and O–H groups in total. The van der Waals surface area contributed by atoms with Crippen molar-refractivity contribution in [1.29, 1.82) is 0 Å². The van der Waals surface area contributed by atoms with Gasteiger partial charge in [-0.05, 0) is 34.4 Å². The van der Waals surface area contributed by atoms with E-state index in [2.05, 4.69) is 12.1 Å². The molecule has 120 valence electrons. The van der Waals surface area contributed by atoms with Crippen molar-refractivity contribution in [1.82, 2.24) is 0 Å². The van der Waals surface area contributed by atoms with Crippen molar-refractivity contribution in [3.63, 3.8) is 0 Å². The van der Waals surface area contributed by atoms with Gasteiger partial charge < -0.3 is 4.74 Å². The molecule has 0 bridgehead atoms. The highest BCUT2D eigenvalue weighted by Crippen LogP contribution is 2.26. The monoisotopic (exact) mass is 336 g/mol. The van der Waals surface area contributed by atoms with Crippen molar-refractivity contribution in [2.75, 3.05) is 0 Å². The molecule has 3 heteroatoms. The Balaban J connectivity index is 1.74. The second kappa shape index (κ2) is 7.80. The minimum atomic E-state index is -0.324. The third-order valence-electron chi connectivity index (χ3n) is 3.78. The fourth-order valence-corrected chi connectivity index (χ4v) is 2.77. The fourth-order valence-electron chi connectivity index (χ4n) is 2.55. The van der Waals surface area contributed by atoms with Crippen molar-refractivity contribution in [2.24, 2.45) is 0 Å². The largest absolute Gasteiger partial charge is 0.457 e. The quantitative estimate of drug-likeness (QED) is 0.457. The van der Waals surface area contributed by atoms with Crippen molar-refractivity contribution in [3.05, 3.63) is 95.6 Å². The van der Waals surface area contributed by atoms with Crippen LogP contribution in [0.15, 0.2) is 78.9 Å². The molecule has 0 aliphatic heterocycles. The van der Waals surface area contributed by atoms with Crippen LogP contribution in [0.2, 0.25) is 0 Å². The summed E-state index contributed by atoms with van der Waals surface area (Å²) < 4.78 is 5.38. The van der Waals surface area contributed by atoms with Gasteiger partial charge in [-0.2, -0.15) is 0 Å². The summed E-state index contributed by atoms with van der Waals surface area (Å²) in [5.74, 6) is 0.0835. The van der Waals surface area contributed by atoms with Crippen LogP contribution in [0.1, 0.15) is 21.5 Å². The van der Waals surface area contributed by atoms with Gasteiger partial charge in [0, 0.05) is 5.88 Å². The highest BCUT2D eigenvalue weighted by molar-refractivity contribution is 6.17. The van der Waals surface area contributed by atoms with Crippen LogP contribution in [0.3, 0.4) is 0 Å². The summed E-state index contributed by atoms with van der Waals surface area (Å²) in [6.07, 6.45) is 0. The van der Waals surface area contributed by atoms with E-state index in [9.17, 15) is 4.79 Å². The molecule has 0 aromatic heterocycles. The number of hydrogen-bond acceptors (Lipinski definition) is 2. The van der Waals surface area contributed by atoms with Gasteiger partial charge in [-0.3, -0.25) is 0 Å². The van der Waals surface area contributed by atoms with E-state index in [1.807, 2.05) is 54.6 Å². The highest BCUT2D eigenvalue weighted by atomic mass is 35.5. The predicted octanol–water partition coefficient (Wildman–Crippen LogP) is 5.45. The molecule has 0 spiro atoms. The molecule has 0 unspecified atom stereocenters. The summed E-state index contributed by atoms with van der Waals surface area (Å²) in [6, 6.07) is 25.1. The van der Waals surface area contributed by atoms with E-state index in [1.165, 1.54) is 0 Å². The van der Waals surface area contributed by atoms with Crippen LogP contribution >= 0.6 is 11.6 Å². The van der Waals surface area contributed by atoms with E-state index >= 15 is 0 Å². The maximum atomic E-state index is 12.0. The summed E-state index contributed by atoms with van der Waals surface area (Å²) in [6.45, 7) is 0.229. The zero-order valence-corrected chi connectivity index (χ0v) is 13.9. The summed E-state index contributed by atoms with van der Waals surface area (Å²) >= 11 is 6.10. The summed E-state index contributed by atoms with van der Waals surface area (Å²) in [7, 11) is 0.